The molecule has 3 N–H and O–H groups in total. The minimum absolute atomic E-state index is 0.0221. The number of carboxylic acid groups (broad SMARTS) is 1. The molecular formula is C12H24N2O5S. The first-order valence-electron chi connectivity index (χ1n) is 6.45. The molecule has 2 amide bonds. The Hall–Kier alpha value is -1.31. The Labute approximate surface area is 120 Å². The van der Waals surface area contributed by atoms with E-state index in [1.165, 1.54) is 13.8 Å². The van der Waals surface area contributed by atoms with E-state index in [-0.39, 0.29) is 13.1 Å². The van der Waals surface area contributed by atoms with Crippen molar-refractivity contribution in [2.24, 2.45) is 5.92 Å². The fourth-order valence-corrected chi connectivity index (χ4v) is 1.70. The molecule has 0 bridgehead atoms. The fraction of sp³-hybridized carbons (Fsp3) is 0.833. The van der Waals surface area contributed by atoms with Crippen LogP contribution in [0.25, 0.3) is 0 Å². The average Bonchev–Trinajstić information content (AvgIpc) is 2.30. The largest absolute Gasteiger partial charge is 0.481 e. The molecule has 0 aromatic rings. The third-order valence-electron chi connectivity index (χ3n) is 3.17. The number of amides is 2. The van der Waals surface area contributed by atoms with Gasteiger partial charge in [0.05, 0.1) is 10.7 Å². The summed E-state index contributed by atoms with van der Waals surface area (Å²) in [5.41, 5.74) is 0. The molecule has 0 saturated carbocycles. The van der Waals surface area contributed by atoms with E-state index in [0.717, 1.165) is 6.26 Å². The van der Waals surface area contributed by atoms with Crippen molar-refractivity contribution in [2.45, 2.75) is 38.4 Å². The van der Waals surface area contributed by atoms with Gasteiger partial charge in [0.15, 0.2) is 9.84 Å². The molecule has 0 aromatic carbocycles. The molecule has 0 aromatic heterocycles. The first-order valence-corrected chi connectivity index (χ1v) is 8.34. The minimum atomic E-state index is -3.29. The standard InChI is InChI=1S/C12H24N2O5S/c1-5-6-9(10(15)16)7-13-11(17)14-8-12(2,3)20(4,18)19/h9H,5-8H2,1-4H3,(H,15,16)(H2,13,14,17). The molecule has 0 aliphatic heterocycles. The van der Waals surface area contributed by atoms with Crippen molar-refractivity contribution < 1.29 is 23.1 Å². The van der Waals surface area contributed by atoms with Gasteiger partial charge in [-0.05, 0) is 20.3 Å². The van der Waals surface area contributed by atoms with Gasteiger partial charge >= 0.3 is 12.0 Å². The third-order valence-corrected chi connectivity index (χ3v) is 5.33. The number of sulfone groups is 1. The van der Waals surface area contributed by atoms with Crippen LogP contribution in [0.2, 0.25) is 0 Å². The second kappa shape index (κ2) is 7.47. The molecule has 0 aliphatic carbocycles. The van der Waals surface area contributed by atoms with Crippen LogP contribution in [-0.4, -0.2) is 49.6 Å². The zero-order valence-corrected chi connectivity index (χ0v) is 13.2. The summed E-state index contributed by atoms with van der Waals surface area (Å²) in [6, 6.07) is -0.566. The van der Waals surface area contributed by atoms with Crippen LogP contribution in [0, 0.1) is 5.92 Å². The molecule has 8 heteroatoms. The van der Waals surface area contributed by atoms with Gasteiger partial charge in [-0.2, -0.15) is 0 Å². The van der Waals surface area contributed by atoms with Crippen LogP contribution in [0.4, 0.5) is 4.79 Å². The Kier molecular flexibility index (Phi) is 6.98. The zero-order valence-electron chi connectivity index (χ0n) is 12.4. The summed E-state index contributed by atoms with van der Waals surface area (Å²) < 4.78 is 21.8. The number of carbonyl (C=O) groups is 2. The molecule has 0 spiro atoms. The highest BCUT2D eigenvalue weighted by atomic mass is 32.2. The molecule has 0 fully saturated rings. The quantitative estimate of drug-likeness (QED) is 0.608. The van der Waals surface area contributed by atoms with Crippen LogP contribution in [0.5, 0.6) is 0 Å². The molecule has 1 unspecified atom stereocenters. The maximum absolute atomic E-state index is 11.5. The molecule has 0 rings (SSSR count). The number of urea groups is 1. The lowest BCUT2D eigenvalue weighted by Crippen LogP contribution is -2.48. The van der Waals surface area contributed by atoms with Crippen LogP contribution in [-0.2, 0) is 14.6 Å². The summed E-state index contributed by atoms with van der Waals surface area (Å²) in [5, 5.41) is 13.8. The van der Waals surface area contributed by atoms with E-state index in [0.29, 0.717) is 12.8 Å². The third kappa shape index (κ3) is 6.23. The maximum Gasteiger partial charge on any atom is 0.314 e. The molecular weight excluding hydrogens is 284 g/mol. The Balaban J connectivity index is 4.28. The number of hydrogen-bond acceptors (Lipinski definition) is 4. The number of hydrogen-bond donors (Lipinski definition) is 3. The van der Waals surface area contributed by atoms with Gasteiger partial charge < -0.3 is 15.7 Å². The van der Waals surface area contributed by atoms with E-state index >= 15 is 0 Å². The van der Waals surface area contributed by atoms with Crippen LogP contribution in [0.3, 0.4) is 0 Å². The molecule has 0 saturated heterocycles. The fourth-order valence-electron chi connectivity index (χ4n) is 1.36. The number of carboxylic acids is 1. The van der Waals surface area contributed by atoms with Crippen molar-refractivity contribution in [3.8, 4) is 0 Å². The van der Waals surface area contributed by atoms with Crippen molar-refractivity contribution in [3.05, 3.63) is 0 Å². The van der Waals surface area contributed by atoms with E-state index in [1.54, 1.807) is 0 Å². The molecule has 0 radical (unpaired) electrons. The summed E-state index contributed by atoms with van der Waals surface area (Å²) in [6.45, 7) is 4.88. The Bertz CT molecular complexity index is 445. The molecule has 0 heterocycles. The van der Waals surface area contributed by atoms with Crippen molar-refractivity contribution in [1.82, 2.24) is 10.6 Å². The SMILES string of the molecule is CCCC(CNC(=O)NCC(C)(C)S(C)(=O)=O)C(=O)O. The monoisotopic (exact) mass is 308 g/mol. The number of aliphatic carboxylic acids is 1. The summed E-state index contributed by atoms with van der Waals surface area (Å²) in [5.74, 6) is -1.59. The van der Waals surface area contributed by atoms with Gasteiger partial charge in [-0.15, -0.1) is 0 Å². The van der Waals surface area contributed by atoms with Crippen LogP contribution >= 0.6 is 0 Å². The highest BCUT2D eigenvalue weighted by Crippen LogP contribution is 2.13. The summed E-state index contributed by atoms with van der Waals surface area (Å²) in [4.78, 5) is 22.4. The van der Waals surface area contributed by atoms with E-state index in [4.69, 9.17) is 5.11 Å². The van der Waals surface area contributed by atoms with E-state index in [2.05, 4.69) is 10.6 Å². The molecule has 1 atom stereocenters. The van der Waals surface area contributed by atoms with Crippen molar-refractivity contribution in [3.63, 3.8) is 0 Å². The van der Waals surface area contributed by atoms with E-state index in [9.17, 15) is 18.0 Å². The number of carbonyl (C=O) groups excluding carboxylic acids is 1. The van der Waals surface area contributed by atoms with Crippen LogP contribution < -0.4 is 10.6 Å². The van der Waals surface area contributed by atoms with E-state index < -0.39 is 32.5 Å². The van der Waals surface area contributed by atoms with Gasteiger partial charge in [0, 0.05) is 19.3 Å². The summed E-state index contributed by atoms with van der Waals surface area (Å²) in [7, 11) is -3.29. The normalized spacial score (nSPS) is 13.6. The first kappa shape index (κ1) is 18.7. The number of rotatable bonds is 8. The topological polar surface area (TPSA) is 113 Å². The maximum atomic E-state index is 11.5. The smallest absolute Gasteiger partial charge is 0.314 e. The molecule has 7 nitrogen and oxygen atoms in total. The lowest BCUT2D eigenvalue weighted by atomic mass is 10.0. The predicted molar refractivity (Wildman–Crippen MR) is 76.4 cm³/mol. The Morgan fingerprint density at radius 2 is 1.80 bits per heavy atom. The van der Waals surface area contributed by atoms with Crippen LogP contribution in [0.15, 0.2) is 0 Å². The molecule has 118 valence electrons. The second-order valence-electron chi connectivity index (χ2n) is 5.42. The molecule has 0 aliphatic rings. The number of nitrogens with one attached hydrogen (secondary N) is 2. The van der Waals surface area contributed by atoms with E-state index in [1.807, 2.05) is 6.92 Å². The lowest BCUT2D eigenvalue weighted by Gasteiger charge is -2.23. The van der Waals surface area contributed by atoms with Crippen molar-refractivity contribution in [2.75, 3.05) is 19.3 Å². The highest BCUT2D eigenvalue weighted by Gasteiger charge is 2.30. The highest BCUT2D eigenvalue weighted by molar-refractivity contribution is 7.92. The first-order chi connectivity index (χ1) is 9.01. The summed E-state index contributed by atoms with van der Waals surface area (Å²) >= 11 is 0. The average molecular weight is 308 g/mol. The zero-order chi connectivity index (χ0) is 16.0. The summed E-state index contributed by atoms with van der Waals surface area (Å²) in [6.07, 6.45) is 2.29. The van der Waals surface area contributed by atoms with Crippen molar-refractivity contribution in [1.29, 1.82) is 0 Å². The van der Waals surface area contributed by atoms with Gasteiger partial charge in [-0.3, -0.25) is 4.79 Å². The second-order valence-corrected chi connectivity index (χ2v) is 8.07. The van der Waals surface area contributed by atoms with Gasteiger partial charge in [0.2, 0.25) is 0 Å². The van der Waals surface area contributed by atoms with Gasteiger partial charge in [-0.25, -0.2) is 13.2 Å². The lowest BCUT2D eigenvalue weighted by molar-refractivity contribution is -0.141. The minimum Gasteiger partial charge on any atom is -0.481 e. The van der Waals surface area contributed by atoms with Crippen LogP contribution in [0.1, 0.15) is 33.6 Å². The predicted octanol–water partition coefficient (Wildman–Crippen LogP) is 0.610. The molecule has 20 heavy (non-hydrogen) atoms. The Morgan fingerprint density at radius 1 is 1.25 bits per heavy atom. The van der Waals surface area contributed by atoms with Crippen molar-refractivity contribution >= 4 is 21.8 Å². The van der Waals surface area contributed by atoms with Gasteiger partial charge in [0.25, 0.3) is 0 Å². The Morgan fingerprint density at radius 3 is 2.20 bits per heavy atom. The van der Waals surface area contributed by atoms with Gasteiger partial charge in [-0.1, -0.05) is 13.3 Å². The van der Waals surface area contributed by atoms with Gasteiger partial charge in [0.1, 0.15) is 0 Å².